The molecule has 2 amide bonds. The van der Waals surface area contributed by atoms with Gasteiger partial charge in [-0.05, 0) is 30.5 Å². The Hall–Kier alpha value is -2.67. The molecule has 0 bridgehead atoms. The normalized spacial score (nSPS) is 17.6. The van der Waals surface area contributed by atoms with Crippen LogP contribution in [0.15, 0.2) is 41.8 Å². The first-order valence-corrected chi connectivity index (χ1v) is 9.63. The highest BCUT2D eigenvalue weighted by Gasteiger charge is 2.36. The molecule has 27 heavy (non-hydrogen) atoms. The summed E-state index contributed by atoms with van der Waals surface area (Å²) in [4.78, 5) is 39.4. The molecular weight excluding hydrogens is 364 g/mol. The average Bonchev–Trinajstić information content (AvgIpc) is 3.31. The van der Waals surface area contributed by atoms with Crippen LogP contribution in [0.1, 0.15) is 29.3 Å². The maximum atomic E-state index is 12.8. The minimum absolute atomic E-state index is 0.0606. The smallest absolute Gasteiger partial charge is 0.307 e. The van der Waals surface area contributed by atoms with Crippen molar-refractivity contribution in [1.82, 2.24) is 5.32 Å². The van der Waals surface area contributed by atoms with Gasteiger partial charge in [0.2, 0.25) is 11.8 Å². The lowest BCUT2D eigenvalue weighted by Crippen LogP contribution is -2.36. The Morgan fingerprint density at radius 1 is 1.30 bits per heavy atom. The summed E-state index contributed by atoms with van der Waals surface area (Å²) in [5, 5.41) is 4.81. The number of carbonyl (C=O) groups is 3. The summed E-state index contributed by atoms with van der Waals surface area (Å²) >= 11 is 1.47. The summed E-state index contributed by atoms with van der Waals surface area (Å²) in [6.07, 6.45) is 0.222. The third-order valence-corrected chi connectivity index (χ3v) is 5.63. The van der Waals surface area contributed by atoms with Crippen LogP contribution in [0.4, 0.5) is 5.69 Å². The largest absolute Gasteiger partial charge is 0.469 e. The van der Waals surface area contributed by atoms with E-state index < -0.39 is 17.9 Å². The fourth-order valence-electron chi connectivity index (χ4n) is 3.11. The number of anilines is 1. The highest BCUT2D eigenvalue weighted by atomic mass is 32.1. The number of esters is 1. The molecule has 1 saturated heterocycles. The summed E-state index contributed by atoms with van der Waals surface area (Å²) in [5.74, 6) is -1.13. The molecule has 142 valence electrons. The molecule has 3 rings (SSSR count). The van der Waals surface area contributed by atoms with Crippen LogP contribution in [-0.2, 0) is 19.1 Å². The van der Waals surface area contributed by atoms with Gasteiger partial charge in [0, 0.05) is 23.5 Å². The number of methoxy groups -OCH3 is 1. The summed E-state index contributed by atoms with van der Waals surface area (Å²) in [6, 6.07) is 11.0. The number of nitrogens with one attached hydrogen (secondary N) is 1. The lowest BCUT2D eigenvalue weighted by Gasteiger charge is -2.20. The van der Waals surface area contributed by atoms with Gasteiger partial charge in [-0.3, -0.25) is 14.4 Å². The van der Waals surface area contributed by atoms with E-state index in [1.54, 1.807) is 4.90 Å². The number of nitrogens with zero attached hydrogens (tertiary/aromatic N) is 1. The van der Waals surface area contributed by atoms with Gasteiger partial charge >= 0.3 is 5.97 Å². The molecule has 0 unspecified atom stereocenters. The topological polar surface area (TPSA) is 75.7 Å². The molecule has 2 heterocycles. The first-order valence-electron chi connectivity index (χ1n) is 8.75. The lowest BCUT2D eigenvalue weighted by atomic mass is 10.1. The molecule has 1 aliphatic heterocycles. The summed E-state index contributed by atoms with van der Waals surface area (Å²) in [5.41, 5.74) is 1.91. The molecule has 0 radical (unpaired) electrons. The summed E-state index contributed by atoms with van der Waals surface area (Å²) < 4.78 is 4.74. The van der Waals surface area contributed by atoms with Crippen LogP contribution >= 0.6 is 11.3 Å². The Balaban J connectivity index is 1.68. The number of thiophene rings is 1. The van der Waals surface area contributed by atoms with E-state index in [0.29, 0.717) is 6.54 Å². The van der Waals surface area contributed by atoms with Crippen molar-refractivity contribution < 1.29 is 19.1 Å². The number of hydrogen-bond acceptors (Lipinski definition) is 5. The average molecular weight is 386 g/mol. The van der Waals surface area contributed by atoms with E-state index in [1.165, 1.54) is 18.4 Å². The second-order valence-electron chi connectivity index (χ2n) is 6.60. The van der Waals surface area contributed by atoms with Gasteiger partial charge in [-0.1, -0.05) is 23.8 Å². The monoisotopic (exact) mass is 386 g/mol. The Bertz CT molecular complexity index is 817. The van der Waals surface area contributed by atoms with Gasteiger partial charge in [-0.2, -0.15) is 0 Å². The van der Waals surface area contributed by atoms with Crippen molar-refractivity contribution in [1.29, 1.82) is 0 Å². The van der Waals surface area contributed by atoms with E-state index in [0.717, 1.165) is 16.1 Å². The fraction of sp³-hybridized carbons (Fsp3) is 0.350. The molecule has 0 aliphatic carbocycles. The van der Waals surface area contributed by atoms with Gasteiger partial charge in [0.25, 0.3) is 0 Å². The molecule has 1 aliphatic rings. The van der Waals surface area contributed by atoms with Crippen LogP contribution in [-0.4, -0.2) is 31.4 Å². The van der Waals surface area contributed by atoms with Crippen molar-refractivity contribution in [2.24, 2.45) is 5.92 Å². The molecule has 0 spiro atoms. The van der Waals surface area contributed by atoms with Crippen LogP contribution < -0.4 is 10.2 Å². The number of amides is 2. The number of ether oxygens (including phenoxy) is 1. The molecule has 1 aromatic heterocycles. The molecule has 6 nitrogen and oxygen atoms in total. The van der Waals surface area contributed by atoms with Gasteiger partial charge in [-0.25, -0.2) is 0 Å². The summed E-state index contributed by atoms with van der Waals surface area (Å²) in [6.45, 7) is 2.32. The number of carbonyl (C=O) groups excluding carboxylic acids is 3. The fourth-order valence-corrected chi connectivity index (χ4v) is 3.89. The third-order valence-electron chi connectivity index (χ3n) is 4.64. The second-order valence-corrected chi connectivity index (χ2v) is 7.58. The minimum Gasteiger partial charge on any atom is -0.469 e. The zero-order valence-electron chi connectivity index (χ0n) is 15.3. The van der Waals surface area contributed by atoms with Gasteiger partial charge in [-0.15, -0.1) is 11.3 Å². The highest BCUT2D eigenvalue weighted by Crippen LogP contribution is 2.28. The van der Waals surface area contributed by atoms with Gasteiger partial charge in [0.15, 0.2) is 0 Å². The van der Waals surface area contributed by atoms with Crippen molar-refractivity contribution >= 4 is 34.8 Å². The van der Waals surface area contributed by atoms with E-state index in [-0.39, 0.29) is 24.7 Å². The molecule has 2 aromatic rings. The van der Waals surface area contributed by atoms with Crippen molar-refractivity contribution in [3.05, 3.63) is 52.2 Å². The first-order chi connectivity index (χ1) is 13.0. The first kappa shape index (κ1) is 19.1. The zero-order chi connectivity index (χ0) is 19.4. The molecule has 1 fully saturated rings. The number of hydrogen-bond donors (Lipinski definition) is 1. The number of rotatable bonds is 6. The predicted octanol–water partition coefficient (Wildman–Crippen LogP) is 2.83. The maximum absolute atomic E-state index is 12.8. The second kappa shape index (κ2) is 8.35. The number of aryl methyl sites for hydroxylation is 1. The van der Waals surface area contributed by atoms with Crippen molar-refractivity contribution in [3.8, 4) is 0 Å². The quantitative estimate of drug-likeness (QED) is 0.775. The molecule has 0 saturated carbocycles. The van der Waals surface area contributed by atoms with E-state index in [2.05, 4.69) is 5.32 Å². The van der Waals surface area contributed by atoms with Crippen LogP contribution in [0.2, 0.25) is 0 Å². The molecule has 1 N–H and O–H groups in total. The van der Waals surface area contributed by atoms with Crippen LogP contribution in [0, 0.1) is 12.8 Å². The van der Waals surface area contributed by atoms with Gasteiger partial charge in [0.05, 0.1) is 25.5 Å². The Labute approximate surface area is 162 Å². The van der Waals surface area contributed by atoms with Gasteiger partial charge in [0.1, 0.15) is 0 Å². The van der Waals surface area contributed by atoms with Crippen molar-refractivity contribution in [2.45, 2.75) is 25.8 Å². The van der Waals surface area contributed by atoms with Crippen LogP contribution in [0.25, 0.3) is 0 Å². The van der Waals surface area contributed by atoms with Gasteiger partial charge < -0.3 is 15.0 Å². The third kappa shape index (κ3) is 4.54. The number of benzene rings is 1. The Kier molecular flexibility index (Phi) is 5.91. The van der Waals surface area contributed by atoms with Crippen LogP contribution in [0.3, 0.4) is 0 Å². The highest BCUT2D eigenvalue weighted by molar-refractivity contribution is 7.10. The van der Waals surface area contributed by atoms with E-state index in [9.17, 15) is 14.4 Å². The van der Waals surface area contributed by atoms with Crippen molar-refractivity contribution in [3.63, 3.8) is 0 Å². The molecule has 2 atom stereocenters. The van der Waals surface area contributed by atoms with E-state index in [4.69, 9.17) is 4.74 Å². The van der Waals surface area contributed by atoms with Crippen molar-refractivity contribution in [2.75, 3.05) is 18.6 Å². The molecule has 1 aromatic carbocycles. The van der Waals surface area contributed by atoms with E-state index >= 15 is 0 Å². The standard InChI is InChI=1S/C20H22N2O4S/c1-13-5-7-15(8-6-13)22-12-14(10-18(22)23)20(25)21-16(11-19(24)26-2)17-4-3-9-27-17/h3-9,14,16H,10-12H2,1-2H3,(H,21,25)/t14-,16-/m0/s1. The zero-order valence-corrected chi connectivity index (χ0v) is 16.1. The minimum atomic E-state index is -0.450. The van der Waals surface area contributed by atoms with E-state index in [1.807, 2.05) is 48.7 Å². The van der Waals surface area contributed by atoms with Crippen LogP contribution in [0.5, 0.6) is 0 Å². The Morgan fingerprint density at radius 2 is 2.04 bits per heavy atom. The predicted molar refractivity (Wildman–Crippen MR) is 103 cm³/mol. The SMILES string of the molecule is COC(=O)C[C@H](NC(=O)[C@H]1CC(=O)N(c2ccc(C)cc2)C1)c1cccs1. The Morgan fingerprint density at radius 3 is 2.67 bits per heavy atom. The summed E-state index contributed by atoms with van der Waals surface area (Å²) in [7, 11) is 1.32. The lowest BCUT2D eigenvalue weighted by molar-refractivity contribution is -0.141. The molecule has 7 heteroatoms. The maximum Gasteiger partial charge on any atom is 0.307 e. The molecular formula is C20H22N2O4S.